The van der Waals surface area contributed by atoms with Gasteiger partial charge in [-0.1, -0.05) is 86.6 Å². The molecular formula is C62H71N9O6. The molecule has 0 saturated carbocycles. The van der Waals surface area contributed by atoms with Crippen LogP contribution in [0.1, 0.15) is 145 Å². The molecule has 0 radical (unpaired) electrons. The van der Waals surface area contributed by atoms with Crippen LogP contribution in [0.4, 0.5) is 0 Å². The van der Waals surface area contributed by atoms with E-state index in [2.05, 4.69) is 124 Å². The molecule has 0 spiro atoms. The Bertz CT molecular complexity index is 3240. The van der Waals surface area contributed by atoms with E-state index in [0.29, 0.717) is 32.2 Å². The van der Waals surface area contributed by atoms with E-state index in [9.17, 15) is 4.79 Å². The highest BCUT2D eigenvalue weighted by molar-refractivity contribution is 6.01. The maximum absolute atomic E-state index is 12.0. The number of hydrogen-bond acceptors (Lipinski definition) is 13. The van der Waals surface area contributed by atoms with Crippen LogP contribution in [0.15, 0.2) is 134 Å². The maximum atomic E-state index is 12.0. The molecule has 2 aliphatic rings. The topological polar surface area (TPSA) is 176 Å². The second-order valence-corrected chi connectivity index (χ2v) is 20.2. The highest BCUT2D eigenvalue weighted by Crippen LogP contribution is 2.38. The number of carbonyl (C=O) groups is 1. The van der Waals surface area contributed by atoms with Crippen LogP contribution in [0, 0.1) is 0 Å². The van der Waals surface area contributed by atoms with Gasteiger partial charge >= 0.3 is 18.0 Å². The van der Waals surface area contributed by atoms with Crippen LogP contribution in [-0.4, -0.2) is 84.0 Å². The van der Waals surface area contributed by atoms with Crippen molar-refractivity contribution in [3.63, 3.8) is 0 Å². The highest BCUT2D eigenvalue weighted by atomic mass is 16.6. The van der Waals surface area contributed by atoms with E-state index in [1.807, 2.05) is 79.4 Å². The number of hydrogen-bond donors (Lipinski definition) is 1. The molecule has 0 amide bonds. The predicted octanol–water partition coefficient (Wildman–Crippen LogP) is 12.6. The number of benzene rings is 4. The monoisotopic (exact) mass is 1040 g/mol. The molecule has 2 saturated heterocycles. The molecule has 2 unspecified atom stereocenters. The van der Waals surface area contributed by atoms with E-state index in [4.69, 9.17) is 34.5 Å². The molecular weight excluding hydrogens is 967 g/mol. The largest absolute Gasteiger partial charge is 0.463 e. The van der Waals surface area contributed by atoms with Crippen LogP contribution in [-0.2, 0) is 19.0 Å². The van der Waals surface area contributed by atoms with E-state index in [0.717, 1.165) is 119 Å². The summed E-state index contributed by atoms with van der Waals surface area (Å²) in [4.78, 5) is 29.9. The average molecular weight is 1040 g/mol. The first kappa shape index (κ1) is 54.2. The Balaban J connectivity index is 0.000000191. The number of carbonyl (C=O) groups excluding carboxylic acids is 1. The van der Waals surface area contributed by atoms with Crippen LogP contribution in [0.25, 0.3) is 44.1 Å². The van der Waals surface area contributed by atoms with Gasteiger partial charge in [-0.05, 0) is 147 Å². The molecule has 77 heavy (non-hydrogen) atoms. The number of ether oxygens (including phenoxy) is 5. The molecule has 4 aromatic heterocycles. The van der Waals surface area contributed by atoms with Crippen LogP contribution >= 0.6 is 0 Å². The molecule has 15 nitrogen and oxygen atoms in total. The molecule has 6 heterocycles. The minimum absolute atomic E-state index is 0.00657. The lowest BCUT2D eigenvalue weighted by atomic mass is 9.89. The third-order valence-electron chi connectivity index (χ3n) is 13.5. The number of nitrogens with two attached hydrogens (primary N) is 1. The Morgan fingerprint density at radius 3 is 1.44 bits per heavy atom. The molecule has 4 aromatic carbocycles. The lowest BCUT2D eigenvalue weighted by Gasteiger charge is -2.23. The fourth-order valence-corrected chi connectivity index (χ4v) is 10.0. The van der Waals surface area contributed by atoms with Crippen molar-refractivity contribution in [3.05, 3.63) is 168 Å². The van der Waals surface area contributed by atoms with Gasteiger partial charge in [0.1, 0.15) is 12.2 Å². The van der Waals surface area contributed by atoms with Crippen molar-refractivity contribution in [1.29, 1.82) is 0 Å². The number of fused-ring (bicyclic) bond motifs is 2. The van der Waals surface area contributed by atoms with Crippen LogP contribution < -0.4 is 15.2 Å². The van der Waals surface area contributed by atoms with Crippen molar-refractivity contribution in [1.82, 2.24) is 39.5 Å². The zero-order chi connectivity index (χ0) is 53.6. The quantitative estimate of drug-likeness (QED) is 0.0488. The fourth-order valence-electron chi connectivity index (χ4n) is 10.0. The molecule has 8 aromatic rings. The van der Waals surface area contributed by atoms with Gasteiger partial charge in [0.25, 0.3) is 0 Å². The Morgan fingerprint density at radius 1 is 0.584 bits per heavy atom. The summed E-state index contributed by atoms with van der Waals surface area (Å²) in [6.45, 7) is 12.6. The second kappa shape index (κ2) is 26.0. The van der Waals surface area contributed by atoms with Gasteiger partial charge < -0.3 is 29.4 Å². The van der Waals surface area contributed by atoms with E-state index in [1.54, 1.807) is 0 Å². The van der Waals surface area contributed by atoms with E-state index in [1.165, 1.54) is 23.1 Å². The summed E-state index contributed by atoms with van der Waals surface area (Å²) in [6, 6.07) is 34.5. The van der Waals surface area contributed by atoms with Gasteiger partial charge in [0, 0.05) is 72.9 Å². The van der Waals surface area contributed by atoms with Gasteiger partial charge in [-0.2, -0.15) is 10.2 Å². The Hall–Kier alpha value is -7.59. The smallest absolute Gasteiger partial charge is 0.316 e. The van der Waals surface area contributed by atoms with Gasteiger partial charge in [0.2, 0.25) is 0 Å². The third kappa shape index (κ3) is 13.7. The van der Waals surface area contributed by atoms with E-state index < -0.39 is 5.60 Å². The zero-order valence-corrected chi connectivity index (χ0v) is 45.1. The first-order chi connectivity index (χ1) is 37.6. The Labute approximate surface area is 451 Å². The summed E-state index contributed by atoms with van der Waals surface area (Å²) in [5, 5.41) is 11.5. The summed E-state index contributed by atoms with van der Waals surface area (Å²) in [5.41, 5.74) is 18.2. The summed E-state index contributed by atoms with van der Waals surface area (Å²) in [7, 11) is 0. The number of esters is 1. The Kier molecular flexibility index (Phi) is 18.3. The molecule has 2 N–H and O–H groups in total. The molecule has 0 aliphatic carbocycles. The predicted molar refractivity (Wildman–Crippen MR) is 302 cm³/mol. The van der Waals surface area contributed by atoms with E-state index >= 15 is 0 Å². The minimum atomic E-state index is -0.492. The molecule has 2 aliphatic heterocycles. The fraction of sp³-hybridized carbons (Fsp3) is 0.371. The number of nitrogens with zero attached hydrogens (tertiary/aromatic N) is 8. The molecule has 15 heteroatoms. The number of rotatable bonds is 18. The Morgan fingerprint density at radius 2 is 1.04 bits per heavy atom. The summed E-state index contributed by atoms with van der Waals surface area (Å²) in [6.07, 6.45) is 20.1. The normalized spacial score (nSPS) is 16.5. The van der Waals surface area contributed by atoms with Crippen LogP contribution in [0.2, 0.25) is 0 Å². The molecule has 2 atom stereocenters. The molecule has 2 fully saturated rings. The van der Waals surface area contributed by atoms with Crippen molar-refractivity contribution in [2.45, 2.75) is 117 Å². The van der Waals surface area contributed by atoms with Crippen molar-refractivity contribution >= 4 is 50.1 Å². The number of aromatic nitrogens is 8. The van der Waals surface area contributed by atoms with Gasteiger partial charge in [0.05, 0.1) is 30.0 Å². The summed E-state index contributed by atoms with van der Waals surface area (Å²) < 4.78 is 32.6. The summed E-state index contributed by atoms with van der Waals surface area (Å²) in [5.74, 6) is -0.237. The maximum Gasteiger partial charge on any atom is 0.316 e. The lowest BCUT2D eigenvalue weighted by molar-refractivity contribution is -0.155. The second-order valence-electron chi connectivity index (χ2n) is 20.2. The van der Waals surface area contributed by atoms with Gasteiger partial charge in [-0.15, -0.1) is 0 Å². The average Bonchev–Trinajstić information content (AvgIpc) is 4.14. The standard InChI is InChI=1S/C34H40N4O4.C28H31N5O2/c1-5-28(24-12-7-6-8-13-24)32(25-16-17-29-26(20-25)23-37-38(29)30-14-9-10-18-40-30)27-21-35-33(36-22-27)41-19-11-15-31(39)42-34(2,3)4;1-2-24(20-8-4-3-5-9-20)27(23-17-30-28(31-18-23)35-15-13-29)21-11-12-25-22(16-21)19-32-33(25)26-10-6-7-14-34-26/h6-8,12-13,16-17,20-23,30H,5,9-11,14-15,18-19H2,1-4H3;3-5,8-9,11-12,16-19,26H,2,6-7,10,13-15,29H2,1H3/b32-28-;27-24-. The van der Waals surface area contributed by atoms with Gasteiger partial charge in [-0.3, -0.25) is 4.79 Å². The SMILES string of the molecule is CC/C(=C(/c1cnc(OCCCC(=O)OC(C)(C)C)nc1)c1ccc2c(cnn2C2CCCCO2)c1)c1ccccc1.CC/C(=C(/c1cnc(OCCN)nc1)c1ccc2c(cnn2C2CCCCO2)c1)c1ccccc1. The van der Waals surface area contributed by atoms with Gasteiger partial charge in [0.15, 0.2) is 12.5 Å². The van der Waals surface area contributed by atoms with Gasteiger partial charge in [-0.25, -0.2) is 29.3 Å². The van der Waals surface area contributed by atoms with Crippen molar-refractivity contribution in [3.8, 4) is 12.0 Å². The first-order valence-corrected chi connectivity index (χ1v) is 27.2. The third-order valence-corrected chi connectivity index (χ3v) is 13.5. The highest BCUT2D eigenvalue weighted by Gasteiger charge is 2.23. The van der Waals surface area contributed by atoms with Crippen LogP contribution in [0.3, 0.4) is 0 Å². The van der Waals surface area contributed by atoms with Crippen molar-refractivity contribution in [2.75, 3.05) is 33.0 Å². The lowest BCUT2D eigenvalue weighted by Crippen LogP contribution is -2.24. The van der Waals surface area contributed by atoms with Crippen molar-refractivity contribution in [2.24, 2.45) is 5.73 Å². The molecule has 0 bridgehead atoms. The first-order valence-electron chi connectivity index (χ1n) is 27.2. The molecule has 400 valence electrons. The number of allylic oxidation sites excluding steroid dienone is 2. The van der Waals surface area contributed by atoms with Crippen LogP contribution in [0.5, 0.6) is 12.0 Å². The summed E-state index contributed by atoms with van der Waals surface area (Å²) >= 11 is 0. The van der Waals surface area contributed by atoms with E-state index in [-0.39, 0.29) is 30.9 Å². The zero-order valence-electron chi connectivity index (χ0n) is 45.1. The molecule has 10 rings (SSSR count). The minimum Gasteiger partial charge on any atom is -0.463 e. The van der Waals surface area contributed by atoms with Crippen molar-refractivity contribution < 1.29 is 28.5 Å².